The zero-order valence-corrected chi connectivity index (χ0v) is 17.0. The van der Waals surface area contributed by atoms with Crippen molar-refractivity contribution >= 4 is 5.97 Å². The fourth-order valence-corrected chi connectivity index (χ4v) is 4.78. The Morgan fingerprint density at radius 2 is 1.85 bits per heavy atom. The van der Waals surface area contributed by atoms with Crippen LogP contribution in [0.15, 0.2) is 12.1 Å². The fraction of sp³-hybridized carbons (Fsp3) is 0.667. The molecule has 1 spiro atoms. The maximum atomic E-state index is 11.5. The van der Waals surface area contributed by atoms with Crippen LogP contribution in [-0.2, 0) is 16.8 Å². The zero-order chi connectivity index (χ0) is 19.6. The number of nitrogens with zero attached hydrogens (tertiary/aromatic N) is 2. The van der Waals surface area contributed by atoms with Gasteiger partial charge in [0, 0.05) is 25.2 Å². The highest BCUT2D eigenvalue weighted by atomic mass is 16.5. The molecule has 6 heteroatoms. The van der Waals surface area contributed by atoms with Crippen molar-refractivity contribution in [3.8, 4) is 11.5 Å². The van der Waals surface area contributed by atoms with E-state index >= 15 is 0 Å². The van der Waals surface area contributed by atoms with Crippen molar-refractivity contribution in [1.29, 1.82) is 0 Å². The van der Waals surface area contributed by atoms with Crippen LogP contribution in [0.1, 0.15) is 36.8 Å². The quantitative estimate of drug-likeness (QED) is 0.823. The van der Waals surface area contributed by atoms with Gasteiger partial charge in [-0.15, -0.1) is 0 Å². The van der Waals surface area contributed by atoms with Crippen LogP contribution in [0.25, 0.3) is 0 Å². The zero-order valence-electron chi connectivity index (χ0n) is 17.0. The summed E-state index contributed by atoms with van der Waals surface area (Å²) in [6, 6.07) is 4.25. The molecule has 1 aliphatic heterocycles. The van der Waals surface area contributed by atoms with Gasteiger partial charge >= 0.3 is 5.97 Å². The van der Waals surface area contributed by atoms with Crippen LogP contribution in [0, 0.1) is 5.92 Å². The number of benzene rings is 1. The summed E-state index contributed by atoms with van der Waals surface area (Å²) in [7, 11) is 7.54. The summed E-state index contributed by atoms with van der Waals surface area (Å²) in [4.78, 5) is 16.3. The van der Waals surface area contributed by atoms with Crippen molar-refractivity contribution in [1.82, 2.24) is 9.80 Å². The van der Waals surface area contributed by atoms with Crippen molar-refractivity contribution in [2.24, 2.45) is 5.92 Å². The minimum absolute atomic E-state index is 0.102. The van der Waals surface area contributed by atoms with E-state index in [4.69, 9.17) is 9.47 Å². The number of hydrogen-bond donors (Lipinski definition) is 1. The molecule has 0 unspecified atom stereocenters. The molecule has 27 heavy (non-hydrogen) atoms. The van der Waals surface area contributed by atoms with E-state index in [2.05, 4.69) is 36.0 Å². The minimum atomic E-state index is -0.659. The molecule has 0 saturated heterocycles. The number of likely N-dealkylation sites (N-methyl/N-ethyl adjacent to an activating group) is 1. The van der Waals surface area contributed by atoms with E-state index in [0.29, 0.717) is 0 Å². The summed E-state index contributed by atoms with van der Waals surface area (Å²) in [6.07, 6.45) is 4.18. The Morgan fingerprint density at radius 3 is 2.41 bits per heavy atom. The Bertz CT molecular complexity index is 681. The predicted molar refractivity (Wildman–Crippen MR) is 105 cm³/mol. The summed E-state index contributed by atoms with van der Waals surface area (Å²) >= 11 is 0. The second-order valence-electron chi connectivity index (χ2n) is 8.05. The molecule has 1 saturated carbocycles. The van der Waals surface area contributed by atoms with Gasteiger partial charge in [0.1, 0.15) is 0 Å². The molecule has 1 heterocycles. The second-order valence-corrected chi connectivity index (χ2v) is 8.05. The molecular weight excluding hydrogens is 344 g/mol. The van der Waals surface area contributed by atoms with Gasteiger partial charge in [-0.25, -0.2) is 0 Å². The summed E-state index contributed by atoms with van der Waals surface area (Å²) < 4.78 is 11.1. The molecule has 0 bridgehead atoms. The molecule has 0 radical (unpaired) electrons. The van der Waals surface area contributed by atoms with Crippen LogP contribution in [0.2, 0.25) is 0 Å². The number of carboxylic acids is 1. The smallest absolute Gasteiger partial charge is 0.306 e. The summed E-state index contributed by atoms with van der Waals surface area (Å²) in [5.74, 6) is 0.641. The Hall–Kier alpha value is -1.79. The van der Waals surface area contributed by atoms with Gasteiger partial charge in [0.25, 0.3) is 0 Å². The molecule has 0 aromatic heterocycles. The topological polar surface area (TPSA) is 62.2 Å². The second kappa shape index (κ2) is 8.07. The number of hydrogen-bond acceptors (Lipinski definition) is 5. The monoisotopic (exact) mass is 376 g/mol. The van der Waals surface area contributed by atoms with E-state index in [1.54, 1.807) is 14.2 Å². The largest absolute Gasteiger partial charge is 0.493 e. The van der Waals surface area contributed by atoms with Gasteiger partial charge in [0.2, 0.25) is 0 Å². The predicted octanol–water partition coefficient (Wildman–Crippen LogP) is 2.59. The molecule has 2 aliphatic rings. The number of rotatable bonds is 6. The number of carbonyl (C=O) groups is 1. The average Bonchev–Trinajstić information content (AvgIpc) is 2.66. The van der Waals surface area contributed by atoms with Gasteiger partial charge in [0.05, 0.1) is 20.1 Å². The Morgan fingerprint density at radius 1 is 1.22 bits per heavy atom. The minimum Gasteiger partial charge on any atom is -0.493 e. The normalized spacial score (nSPS) is 25.4. The highest BCUT2D eigenvalue weighted by Crippen LogP contribution is 2.49. The van der Waals surface area contributed by atoms with Crippen molar-refractivity contribution in [2.45, 2.75) is 37.6 Å². The first kappa shape index (κ1) is 20.0. The molecular formula is C21H32N2O4. The van der Waals surface area contributed by atoms with Crippen LogP contribution < -0.4 is 9.47 Å². The third kappa shape index (κ3) is 3.78. The van der Waals surface area contributed by atoms with Crippen molar-refractivity contribution < 1.29 is 19.4 Å². The lowest BCUT2D eigenvalue weighted by Crippen LogP contribution is -2.54. The van der Waals surface area contributed by atoms with Gasteiger partial charge in [-0.1, -0.05) is 0 Å². The van der Waals surface area contributed by atoms with E-state index in [1.807, 2.05) is 0 Å². The number of ether oxygens (including phenoxy) is 2. The van der Waals surface area contributed by atoms with Crippen LogP contribution in [-0.4, -0.2) is 68.8 Å². The van der Waals surface area contributed by atoms with Crippen LogP contribution in [0.4, 0.5) is 0 Å². The maximum Gasteiger partial charge on any atom is 0.306 e. The Labute approximate surface area is 162 Å². The lowest BCUT2D eigenvalue weighted by Gasteiger charge is -2.52. The Kier molecular flexibility index (Phi) is 5.96. The van der Waals surface area contributed by atoms with Crippen LogP contribution >= 0.6 is 0 Å². The molecule has 1 aliphatic carbocycles. The fourth-order valence-electron chi connectivity index (χ4n) is 4.78. The first-order valence-electron chi connectivity index (χ1n) is 9.79. The third-order valence-electron chi connectivity index (χ3n) is 6.35. The van der Waals surface area contributed by atoms with E-state index in [1.165, 1.54) is 11.1 Å². The maximum absolute atomic E-state index is 11.5. The van der Waals surface area contributed by atoms with Crippen LogP contribution in [0.5, 0.6) is 11.5 Å². The number of aliphatic carboxylic acids is 1. The van der Waals surface area contributed by atoms with Gasteiger partial charge in [-0.05, 0) is 69.5 Å². The molecule has 1 N–H and O–H groups in total. The lowest BCUT2D eigenvalue weighted by atomic mass is 9.68. The van der Waals surface area contributed by atoms with Gasteiger partial charge in [0.15, 0.2) is 11.5 Å². The molecule has 6 nitrogen and oxygen atoms in total. The van der Waals surface area contributed by atoms with E-state index in [9.17, 15) is 9.90 Å². The average molecular weight is 376 g/mol. The summed E-state index contributed by atoms with van der Waals surface area (Å²) in [6.45, 7) is 2.97. The van der Waals surface area contributed by atoms with Gasteiger partial charge < -0.3 is 19.5 Å². The molecule has 1 aromatic rings. The summed E-state index contributed by atoms with van der Waals surface area (Å²) in [5.41, 5.74) is 2.51. The highest BCUT2D eigenvalue weighted by molar-refractivity contribution is 5.70. The number of fused-ring (bicyclic) bond motifs is 2. The first-order valence-corrected chi connectivity index (χ1v) is 9.79. The van der Waals surface area contributed by atoms with Crippen molar-refractivity contribution in [2.75, 3.05) is 47.9 Å². The first-order chi connectivity index (χ1) is 12.9. The van der Waals surface area contributed by atoms with E-state index in [-0.39, 0.29) is 11.5 Å². The van der Waals surface area contributed by atoms with Crippen LogP contribution in [0.3, 0.4) is 0 Å². The summed E-state index contributed by atoms with van der Waals surface area (Å²) in [5, 5.41) is 9.46. The SMILES string of the molecule is COc1cc2c(cc1OC)[C@]1(CC[C@@H](C(=O)O)CC1)N(CCN(C)C)CC2. The molecule has 1 aromatic carbocycles. The number of methoxy groups -OCH3 is 2. The van der Waals surface area contributed by atoms with E-state index < -0.39 is 5.97 Å². The van der Waals surface area contributed by atoms with Gasteiger partial charge in [-0.2, -0.15) is 0 Å². The van der Waals surface area contributed by atoms with Crippen molar-refractivity contribution in [3.05, 3.63) is 23.3 Å². The molecule has 0 atom stereocenters. The van der Waals surface area contributed by atoms with E-state index in [0.717, 1.165) is 63.2 Å². The lowest BCUT2D eigenvalue weighted by molar-refractivity contribution is -0.144. The highest BCUT2D eigenvalue weighted by Gasteiger charge is 2.46. The van der Waals surface area contributed by atoms with Gasteiger partial charge in [-0.3, -0.25) is 9.69 Å². The molecule has 150 valence electrons. The molecule has 3 rings (SSSR count). The molecule has 1 fully saturated rings. The molecule has 0 amide bonds. The van der Waals surface area contributed by atoms with Crippen molar-refractivity contribution in [3.63, 3.8) is 0 Å². The Balaban J connectivity index is 2.00. The standard InChI is InChI=1S/C21H32N2O4/c1-22(2)11-12-23-10-7-16-13-18(26-3)19(27-4)14-17(16)21(23)8-5-15(6-9-21)20(24)25/h13-15H,5-12H2,1-4H3,(H,24,25)/t15-,21-. The number of carboxylic acid groups (broad SMARTS) is 1. The third-order valence-corrected chi connectivity index (χ3v) is 6.35.